The summed E-state index contributed by atoms with van der Waals surface area (Å²) in [5, 5.41) is 9.37. The highest BCUT2D eigenvalue weighted by Gasteiger charge is 2.46. The first-order valence-electron chi connectivity index (χ1n) is 6.85. The zero-order valence-corrected chi connectivity index (χ0v) is 13.5. The summed E-state index contributed by atoms with van der Waals surface area (Å²) in [5.74, 6) is 0.481. The molecule has 8 heteroatoms. The SMILES string of the molecule is CC1CC(C)CN(S(=O)(=O)NC2(C(=O)O)CCSC2)C1. The van der Waals surface area contributed by atoms with Gasteiger partial charge in [-0.25, -0.2) is 0 Å². The number of nitrogens with zero attached hydrogens (tertiary/aromatic N) is 1. The number of aliphatic carboxylic acids is 1. The zero-order chi connectivity index (χ0) is 15.0. The van der Waals surface area contributed by atoms with E-state index in [1.165, 1.54) is 16.1 Å². The monoisotopic (exact) mass is 322 g/mol. The second-order valence-corrected chi connectivity index (χ2v) is 8.84. The summed E-state index contributed by atoms with van der Waals surface area (Å²) in [6.07, 6.45) is 1.34. The lowest BCUT2D eigenvalue weighted by molar-refractivity contribution is -0.143. The maximum absolute atomic E-state index is 12.5. The van der Waals surface area contributed by atoms with E-state index in [2.05, 4.69) is 4.72 Å². The average Bonchev–Trinajstić information content (AvgIpc) is 2.76. The topological polar surface area (TPSA) is 86.7 Å². The van der Waals surface area contributed by atoms with Crippen LogP contribution in [0.3, 0.4) is 0 Å². The number of carboxylic acid groups (broad SMARTS) is 1. The van der Waals surface area contributed by atoms with Crippen LogP contribution in [0.1, 0.15) is 26.7 Å². The normalized spacial score (nSPS) is 36.1. The summed E-state index contributed by atoms with van der Waals surface area (Å²) in [6, 6.07) is 0. The summed E-state index contributed by atoms with van der Waals surface area (Å²) >= 11 is 1.47. The molecule has 2 heterocycles. The van der Waals surface area contributed by atoms with Gasteiger partial charge in [-0.3, -0.25) is 4.79 Å². The minimum atomic E-state index is -3.75. The molecule has 20 heavy (non-hydrogen) atoms. The number of hydrogen-bond acceptors (Lipinski definition) is 4. The van der Waals surface area contributed by atoms with E-state index in [4.69, 9.17) is 0 Å². The Morgan fingerprint density at radius 3 is 2.40 bits per heavy atom. The van der Waals surface area contributed by atoms with Crippen molar-refractivity contribution in [2.45, 2.75) is 32.2 Å². The van der Waals surface area contributed by atoms with Gasteiger partial charge in [0.1, 0.15) is 5.54 Å². The van der Waals surface area contributed by atoms with Crippen molar-refractivity contribution in [3.8, 4) is 0 Å². The van der Waals surface area contributed by atoms with Crippen molar-refractivity contribution < 1.29 is 18.3 Å². The fourth-order valence-electron chi connectivity index (χ4n) is 2.97. The second kappa shape index (κ2) is 5.82. The van der Waals surface area contributed by atoms with Gasteiger partial charge in [0.2, 0.25) is 0 Å². The van der Waals surface area contributed by atoms with Crippen LogP contribution in [0.25, 0.3) is 0 Å². The van der Waals surface area contributed by atoms with E-state index >= 15 is 0 Å². The van der Waals surface area contributed by atoms with Crippen molar-refractivity contribution in [2.24, 2.45) is 11.8 Å². The van der Waals surface area contributed by atoms with E-state index in [-0.39, 0.29) is 0 Å². The summed E-state index contributed by atoms with van der Waals surface area (Å²) in [6.45, 7) is 4.97. The second-order valence-electron chi connectivity index (χ2n) is 6.06. The Hall–Kier alpha value is -0.310. The molecule has 0 bridgehead atoms. The molecule has 0 aromatic rings. The third-order valence-corrected chi connectivity index (χ3v) is 6.75. The van der Waals surface area contributed by atoms with Gasteiger partial charge >= 0.3 is 5.97 Å². The van der Waals surface area contributed by atoms with Gasteiger partial charge in [0.05, 0.1) is 0 Å². The Morgan fingerprint density at radius 1 is 1.35 bits per heavy atom. The number of hydrogen-bond donors (Lipinski definition) is 2. The van der Waals surface area contributed by atoms with E-state index in [1.807, 2.05) is 13.8 Å². The van der Waals surface area contributed by atoms with E-state index < -0.39 is 21.7 Å². The fourth-order valence-corrected chi connectivity index (χ4v) is 6.17. The molecule has 3 atom stereocenters. The van der Waals surface area contributed by atoms with Gasteiger partial charge in [-0.1, -0.05) is 13.8 Å². The predicted molar refractivity (Wildman–Crippen MR) is 78.9 cm³/mol. The minimum absolute atomic E-state index is 0.292. The summed E-state index contributed by atoms with van der Waals surface area (Å²) in [5.41, 5.74) is -1.34. The molecule has 3 unspecified atom stereocenters. The van der Waals surface area contributed by atoms with Crippen LogP contribution in [0, 0.1) is 11.8 Å². The highest BCUT2D eigenvalue weighted by atomic mass is 32.2. The van der Waals surface area contributed by atoms with Crippen molar-refractivity contribution in [3.05, 3.63) is 0 Å². The molecule has 0 saturated carbocycles. The molecule has 0 aromatic heterocycles. The molecule has 2 saturated heterocycles. The van der Waals surface area contributed by atoms with E-state index in [9.17, 15) is 18.3 Å². The zero-order valence-electron chi connectivity index (χ0n) is 11.8. The Kier molecular flexibility index (Phi) is 4.68. The molecule has 2 aliphatic heterocycles. The molecular weight excluding hydrogens is 300 g/mol. The molecular formula is C12H22N2O4S2. The van der Waals surface area contributed by atoms with Crippen LogP contribution in [0.5, 0.6) is 0 Å². The molecule has 0 spiro atoms. The quantitative estimate of drug-likeness (QED) is 0.798. The van der Waals surface area contributed by atoms with Gasteiger partial charge in [0.25, 0.3) is 10.2 Å². The molecule has 2 N–H and O–H groups in total. The highest BCUT2D eigenvalue weighted by Crippen LogP contribution is 2.30. The summed E-state index contributed by atoms with van der Waals surface area (Å²) in [4.78, 5) is 11.5. The van der Waals surface area contributed by atoms with E-state index in [1.54, 1.807) is 0 Å². The van der Waals surface area contributed by atoms with Gasteiger partial charge in [-0.15, -0.1) is 0 Å². The lowest BCUT2D eigenvalue weighted by Crippen LogP contribution is -2.59. The number of rotatable bonds is 4. The third kappa shape index (κ3) is 3.29. The Balaban J connectivity index is 2.16. The van der Waals surface area contributed by atoms with Crippen molar-refractivity contribution in [1.82, 2.24) is 9.03 Å². The van der Waals surface area contributed by atoms with E-state index in [0.29, 0.717) is 42.9 Å². The largest absolute Gasteiger partial charge is 0.480 e. The van der Waals surface area contributed by atoms with Crippen molar-refractivity contribution in [1.29, 1.82) is 0 Å². The maximum atomic E-state index is 12.5. The van der Waals surface area contributed by atoms with Crippen LogP contribution in [0.4, 0.5) is 0 Å². The number of piperidine rings is 1. The number of nitrogens with one attached hydrogen (secondary N) is 1. The standard InChI is InChI=1S/C12H22N2O4S2/c1-9-5-10(2)7-14(6-9)20(17,18)13-12(11(15)16)3-4-19-8-12/h9-10,13H,3-8H2,1-2H3,(H,15,16). The number of carboxylic acids is 1. The van der Waals surface area contributed by atoms with Crippen LogP contribution in [0.2, 0.25) is 0 Å². The predicted octanol–water partition coefficient (Wildman–Crippen LogP) is 0.759. The van der Waals surface area contributed by atoms with Crippen molar-refractivity contribution >= 4 is 27.9 Å². The molecule has 0 amide bonds. The average molecular weight is 322 g/mol. The highest BCUT2D eigenvalue weighted by molar-refractivity contribution is 7.99. The molecule has 2 fully saturated rings. The van der Waals surface area contributed by atoms with Gasteiger partial charge in [-0.05, 0) is 30.4 Å². The van der Waals surface area contributed by atoms with Gasteiger partial charge in [0.15, 0.2) is 0 Å². The molecule has 0 aliphatic carbocycles. The number of thioether (sulfide) groups is 1. The molecule has 6 nitrogen and oxygen atoms in total. The molecule has 0 aromatic carbocycles. The number of carbonyl (C=O) groups is 1. The maximum Gasteiger partial charge on any atom is 0.325 e. The Morgan fingerprint density at radius 2 is 1.95 bits per heavy atom. The van der Waals surface area contributed by atoms with Crippen LogP contribution < -0.4 is 4.72 Å². The van der Waals surface area contributed by atoms with E-state index in [0.717, 1.165) is 6.42 Å². The first-order valence-corrected chi connectivity index (χ1v) is 9.45. The van der Waals surface area contributed by atoms with Crippen LogP contribution >= 0.6 is 11.8 Å². The van der Waals surface area contributed by atoms with Gasteiger partial charge in [-0.2, -0.15) is 29.2 Å². The first-order chi connectivity index (χ1) is 9.25. The van der Waals surface area contributed by atoms with Gasteiger partial charge in [0, 0.05) is 18.8 Å². The smallest absolute Gasteiger partial charge is 0.325 e. The lowest BCUT2D eigenvalue weighted by Gasteiger charge is -2.36. The molecule has 0 radical (unpaired) electrons. The molecule has 2 rings (SSSR count). The Labute approximate surface area is 124 Å². The summed E-state index contributed by atoms with van der Waals surface area (Å²) in [7, 11) is -3.75. The van der Waals surface area contributed by atoms with Crippen molar-refractivity contribution in [2.75, 3.05) is 24.6 Å². The minimum Gasteiger partial charge on any atom is -0.480 e. The van der Waals surface area contributed by atoms with Gasteiger partial charge < -0.3 is 5.11 Å². The summed E-state index contributed by atoms with van der Waals surface area (Å²) < 4.78 is 28.8. The lowest BCUT2D eigenvalue weighted by atomic mass is 9.94. The van der Waals surface area contributed by atoms with Crippen LogP contribution in [-0.2, 0) is 15.0 Å². The van der Waals surface area contributed by atoms with Crippen LogP contribution in [0.15, 0.2) is 0 Å². The van der Waals surface area contributed by atoms with Crippen molar-refractivity contribution in [3.63, 3.8) is 0 Å². The molecule has 116 valence electrons. The third-order valence-electron chi connectivity index (χ3n) is 3.93. The van der Waals surface area contributed by atoms with Crippen LogP contribution in [-0.4, -0.2) is 53.9 Å². The molecule has 2 aliphatic rings. The Bertz CT molecular complexity index is 464. The first kappa shape index (κ1) is 16.1. The fraction of sp³-hybridized carbons (Fsp3) is 0.917.